The van der Waals surface area contributed by atoms with Gasteiger partial charge in [-0.15, -0.1) is 0 Å². The van der Waals surface area contributed by atoms with Crippen molar-refractivity contribution >= 4 is 11.6 Å². The lowest BCUT2D eigenvalue weighted by atomic mass is 10.1. The van der Waals surface area contributed by atoms with E-state index in [4.69, 9.17) is 4.74 Å². The lowest BCUT2D eigenvalue weighted by molar-refractivity contribution is -0.384. The van der Waals surface area contributed by atoms with E-state index in [0.29, 0.717) is 23.9 Å². The number of hydrogen-bond donors (Lipinski definition) is 1. The molecule has 0 aliphatic carbocycles. The Morgan fingerprint density at radius 3 is 2.80 bits per heavy atom. The zero-order valence-corrected chi connectivity index (χ0v) is 11.2. The van der Waals surface area contributed by atoms with Gasteiger partial charge in [0.05, 0.1) is 11.5 Å². The molecule has 0 radical (unpaired) electrons. The monoisotopic (exact) mass is 274 g/mol. The average molecular weight is 274 g/mol. The summed E-state index contributed by atoms with van der Waals surface area (Å²) in [6.07, 6.45) is 1.19. The molecule has 0 saturated heterocycles. The summed E-state index contributed by atoms with van der Waals surface area (Å²) in [4.78, 5) is 18.7. The number of nitrogens with zero attached hydrogens (tertiary/aromatic N) is 3. The summed E-state index contributed by atoms with van der Waals surface area (Å²) in [5.74, 6) is 0.871. The summed E-state index contributed by atoms with van der Waals surface area (Å²) in [6, 6.07) is 7.08. The van der Waals surface area contributed by atoms with Crippen LogP contribution in [0.2, 0.25) is 0 Å². The SMILES string of the molecule is CCOc1ccccc1-c1nc(NC)ncc1[N+](=O)[O-]. The maximum absolute atomic E-state index is 11.1. The minimum atomic E-state index is -0.502. The molecule has 0 unspecified atom stereocenters. The van der Waals surface area contributed by atoms with E-state index in [0.717, 1.165) is 0 Å². The summed E-state index contributed by atoms with van der Waals surface area (Å²) in [7, 11) is 1.65. The third kappa shape index (κ3) is 2.66. The van der Waals surface area contributed by atoms with Crippen LogP contribution in [0.15, 0.2) is 30.5 Å². The molecule has 104 valence electrons. The maximum atomic E-state index is 11.1. The quantitative estimate of drug-likeness (QED) is 0.665. The average Bonchev–Trinajstić information content (AvgIpc) is 2.47. The van der Waals surface area contributed by atoms with Gasteiger partial charge in [0.1, 0.15) is 11.9 Å². The van der Waals surface area contributed by atoms with E-state index in [1.807, 2.05) is 6.92 Å². The predicted octanol–water partition coefficient (Wildman–Crippen LogP) is 2.49. The molecule has 7 nitrogen and oxygen atoms in total. The van der Waals surface area contributed by atoms with Crippen LogP contribution in [-0.4, -0.2) is 28.5 Å². The number of rotatable bonds is 5. The van der Waals surface area contributed by atoms with Gasteiger partial charge in [-0.2, -0.15) is 0 Å². The van der Waals surface area contributed by atoms with E-state index in [2.05, 4.69) is 15.3 Å². The number of nitrogens with one attached hydrogen (secondary N) is 1. The van der Waals surface area contributed by atoms with E-state index in [1.54, 1.807) is 31.3 Å². The van der Waals surface area contributed by atoms with Crippen LogP contribution in [0.4, 0.5) is 11.6 Å². The molecule has 0 spiro atoms. The Bertz CT molecular complexity index is 631. The van der Waals surface area contributed by atoms with E-state index in [-0.39, 0.29) is 11.4 Å². The molecule has 2 aromatic rings. The Kier molecular flexibility index (Phi) is 4.09. The summed E-state index contributed by atoms with van der Waals surface area (Å²) >= 11 is 0. The molecular formula is C13H14N4O3. The molecule has 1 heterocycles. The van der Waals surface area contributed by atoms with Gasteiger partial charge >= 0.3 is 5.69 Å². The second-order valence-electron chi connectivity index (χ2n) is 3.86. The van der Waals surface area contributed by atoms with Gasteiger partial charge in [-0.05, 0) is 19.1 Å². The van der Waals surface area contributed by atoms with Gasteiger partial charge in [-0.1, -0.05) is 12.1 Å². The van der Waals surface area contributed by atoms with Crippen LogP contribution in [0.3, 0.4) is 0 Å². The molecule has 2 rings (SSSR count). The largest absolute Gasteiger partial charge is 0.493 e. The first kappa shape index (κ1) is 13.7. The van der Waals surface area contributed by atoms with Crippen LogP contribution < -0.4 is 10.1 Å². The molecular weight excluding hydrogens is 260 g/mol. The molecule has 0 aliphatic rings. The van der Waals surface area contributed by atoms with Crippen LogP contribution in [0.1, 0.15) is 6.92 Å². The molecule has 0 amide bonds. The summed E-state index contributed by atoms with van der Waals surface area (Å²) in [5.41, 5.74) is 0.648. The maximum Gasteiger partial charge on any atom is 0.313 e. The Balaban J connectivity index is 2.63. The standard InChI is InChI=1S/C13H14N4O3/c1-3-20-11-7-5-4-6-9(11)12-10(17(18)19)8-15-13(14-2)16-12/h4-8H,3H2,1-2H3,(H,14,15,16). The molecule has 0 aliphatic heterocycles. The van der Waals surface area contributed by atoms with Crippen LogP contribution >= 0.6 is 0 Å². The molecule has 0 saturated carbocycles. The summed E-state index contributed by atoms with van der Waals surface area (Å²) < 4.78 is 5.50. The smallest absolute Gasteiger partial charge is 0.313 e. The van der Waals surface area contributed by atoms with Crippen molar-refractivity contribution in [1.29, 1.82) is 0 Å². The van der Waals surface area contributed by atoms with Gasteiger partial charge in [0.25, 0.3) is 0 Å². The molecule has 1 aromatic heterocycles. The number of para-hydroxylation sites is 1. The lowest BCUT2D eigenvalue weighted by Crippen LogP contribution is -2.03. The number of ether oxygens (including phenoxy) is 1. The summed E-state index contributed by atoms with van der Waals surface area (Å²) in [5, 5.41) is 13.9. The highest BCUT2D eigenvalue weighted by Crippen LogP contribution is 2.34. The topological polar surface area (TPSA) is 90.2 Å². The highest BCUT2D eigenvalue weighted by Gasteiger charge is 2.21. The fourth-order valence-corrected chi connectivity index (χ4v) is 1.77. The predicted molar refractivity (Wildman–Crippen MR) is 74.8 cm³/mol. The van der Waals surface area contributed by atoms with E-state index in [9.17, 15) is 10.1 Å². The molecule has 0 bridgehead atoms. The fourth-order valence-electron chi connectivity index (χ4n) is 1.77. The molecule has 0 fully saturated rings. The van der Waals surface area contributed by atoms with Gasteiger partial charge in [0.15, 0.2) is 5.69 Å². The van der Waals surface area contributed by atoms with Gasteiger partial charge < -0.3 is 10.1 Å². The molecule has 1 N–H and O–H groups in total. The van der Waals surface area contributed by atoms with E-state index >= 15 is 0 Å². The molecule has 0 atom stereocenters. The normalized spacial score (nSPS) is 10.1. The minimum absolute atomic E-state index is 0.156. The Morgan fingerprint density at radius 2 is 2.15 bits per heavy atom. The van der Waals surface area contributed by atoms with Crippen molar-refractivity contribution in [2.75, 3.05) is 19.0 Å². The highest BCUT2D eigenvalue weighted by molar-refractivity contribution is 5.75. The number of benzene rings is 1. The van der Waals surface area contributed by atoms with Crippen molar-refractivity contribution in [1.82, 2.24) is 9.97 Å². The van der Waals surface area contributed by atoms with Crippen molar-refractivity contribution < 1.29 is 9.66 Å². The zero-order chi connectivity index (χ0) is 14.5. The Hall–Kier alpha value is -2.70. The van der Waals surface area contributed by atoms with Crippen LogP contribution in [0.25, 0.3) is 11.3 Å². The van der Waals surface area contributed by atoms with Gasteiger partial charge in [-0.25, -0.2) is 9.97 Å². The first-order valence-corrected chi connectivity index (χ1v) is 6.08. The number of nitro groups is 1. The number of hydrogen-bond acceptors (Lipinski definition) is 6. The van der Waals surface area contributed by atoms with Gasteiger partial charge in [0.2, 0.25) is 5.95 Å². The first-order chi connectivity index (χ1) is 9.67. The second kappa shape index (κ2) is 5.96. The first-order valence-electron chi connectivity index (χ1n) is 6.08. The fraction of sp³-hybridized carbons (Fsp3) is 0.231. The Labute approximate surface area is 115 Å². The van der Waals surface area contributed by atoms with Crippen molar-refractivity contribution in [2.45, 2.75) is 6.92 Å². The van der Waals surface area contributed by atoms with E-state index < -0.39 is 4.92 Å². The van der Waals surface area contributed by atoms with Crippen LogP contribution in [0.5, 0.6) is 5.75 Å². The van der Waals surface area contributed by atoms with Crippen LogP contribution in [0, 0.1) is 10.1 Å². The van der Waals surface area contributed by atoms with Gasteiger partial charge in [0, 0.05) is 12.6 Å². The summed E-state index contributed by atoms with van der Waals surface area (Å²) in [6.45, 7) is 2.32. The van der Waals surface area contributed by atoms with E-state index in [1.165, 1.54) is 6.20 Å². The zero-order valence-electron chi connectivity index (χ0n) is 11.2. The highest BCUT2D eigenvalue weighted by atomic mass is 16.6. The Morgan fingerprint density at radius 1 is 1.40 bits per heavy atom. The van der Waals surface area contributed by atoms with Crippen molar-refractivity contribution in [3.63, 3.8) is 0 Å². The van der Waals surface area contributed by atoms with Crippen molar-refractivity contribution in [3.8, 4) is 17.0 Å². The number of anilines is 1. The molecule has 7 heteroatoms. The third-order valence-corrected chi connectivity index (χ3v) is 2.63. The molecule has 1 aromatic carbocycles. The molecule has 20 heavy (non-hydrogen) atoms. The second-order valence-corrected chi connectivity index (χ2v) is 3.86. The van der Waals surface area contributed by atoms with Crippen molar-refractivity contribution in [3.05, 3.63) is 40.6 Å². The third-order valence-electron chi connectivity index (χ3n) is 2.63. The minimum Gasteiger partial charge on any atom is -0.493 e. The van der Waals surface area contributed by atoms with Gasteiger partial charge in [-0.3, -0.25) is 10.1 Å². The van der Waals surface area contributed by atoms with Crippen molar-refractivity contribution in [2.24, 2.45) is 0 Å². The van der Waals surface area contributed by atoms with Crippen LogP contribution in [-0.2, 0) is 0 Å². The lowest BCUT2D eigenvalue weighted by Gasteiger charge is -2.10. The number of aromatic nitrogens is 2.